The van der Waals surface area contributed by atoms with Crippen LogP contribution in [-0.2, 0) is 18.3 Å². The van der Waals surface area contributed by atoms with E-state index in [-0.39, 0.29) is 0 Å². The molecule has 16 heavy (non-hydrogen) atoms. The van der Waals surface area contributed by atoms with Crippen LogP contribution < -0.4 is 0 Å². The van der Waals surface area contributed by atoms with Gasteiger partial charge in [0.2, 0.25) is 0 Å². The Kier molecular flexibility index (Phi) is 3.64. The van der Waals surface area contributed by atoms with Crippen molar-refractivity contribution in [1.82, 2.24) is 9.13 Å². The van der Waals surface area contributed by atoms with Crippen molar-refractivity contribution in [1.29, 1.82) is 0 Å². The molecule has 2 aromatic rings. The number of fused-ring (bicyclic) bond motifs is 1. The fourth-order valence-corrected chi connectivity index (χ4v) is 2.55. The van der Waals surface area contributed by atoms with E-state index in [2.05, 4.69) is 56.0 Å². The van der Waals surface area contributed by atoms with Crippen LogP contribution >= 0.6 is 0 Å². The predicted octanol–water partition coefficient (Wildman–Crippen LogP) is 1.72. The van der Waals surface area contributed by atoms with Gasteiger partial charge in [-0.3, -0.25) is 0 Å². The molecule has 86 valence electrons. The van der Waals surface area contributed by atoms with Crippen LogP contribution in [0.15, 0.2) is 24.3 Å². The zero-order valence-electron chi connectivity index (χ0n) is 9.64. The Labute approximate surface area is 103 Å². The topological polar surface area (TPSA) is 19.1 Å². The first-order valence-corrected chi connectivity index (χ1v) is 6.24. The van der Waals surface area contributed by atoms with Crippen LogP contribution in [0, 0.1) is 4.32 Å². The van der Waals surface area contributed by atoms with Crippen molar-refractivity contribution in [3.05, 3.63) is 28.6 Å². The van der Waals surface area contributed by atoms with Gasteiger partial charge in [-0.15, -0.1) is 0 Å². The third kappa shape index (κ3) is 2.01. The van der Waals surface area contributed by atoms with Gasteiger partial charge in [0.25, 0.3) is 0 Å². The SMILES string of the molecule is COCCCn1c(=[Se])n(C)c2ccccc21. The van der Waals surface area contributed by atoms with Gasteiger partial charge < -0.3 is 0 Å². The number of nitrogens with zero attached hydrogens (tertiary/aromatic N) is 2. The van der Waals surface area contributed by atoms with Crippen LogP contribution in [0.1, 0.15) is 6.42 Å². The molecule has 0 amide bonds. The van der Waals surface area contributed by atoms with Gasteiger partial charge in [0.1, 0.15) is 0 Å². The summed E-state index contributed by atoms with van der Waals surface area (Å²) in [4.78, 5) is 0. The second-order valence-electron chi connectivity index (χ2n) is 3.83. The summed E-state index contributed by atoms with van der Waals surface area (Å²) in [7, 11) is 3.83. The van der Waals surface area contributed by atoms with E-state index >= 15 is 0 Å². The zero-order valence-corrected chi connectivity index (χ0v) is 11.4. The molecule has 0 N–H and O–H groups in total. The Morgan fingerprint density at radius 2 is 1.94 bits per heavy atom. The first kappa shape index (κ1) is 11.6. The van der Waals surface area contributed by atoms with Gasteiger partial charge in [0.15, 0.2) is 0 Å². The number of hydrogen-bond acceptors (Lipinski definition) is 1. The van der Waals surface area contributed by atoms with Crippen LogP contribution in [0.25, 0.3) is 11.0 Å². The molecular weight excluding hydrogens is 267 g/mol. The minimum atomic E-state index is 0.801. The van der Waals surface area contributed by atoms with Crippen molar-refractivity contribution >= 4 is 26.6 Å². The second kappa shape index (κ2) is 5.00. The monoisotopic (exact) mass is 284 g/mol. The minimum absolute atomic E-state index is 0.801. The molecule has 0 bridgehead atoms. The molecule has 0 unspecified atom stereocenters. The van der Waals surface area contributed by atoms with Gasteiger partial charge in [-0.2, -0.15) is 0 Å². The summed E-state index contributed by atoms with van der Waals surface area (Å²) in [5, 5.41) is 0. The Morgan fingerprint density at radius 3 is 2.62 bits per heavy atom. The quantitative estimate of drug-likeness (QED) is 0.617. The van der Waals surface area contributed by atoms with E-state index in [0.29, 0.717) is 0 Å². The van der Waals surface area contributed by atoms with Gasteiger partial charge in [0.05, 0.1) is 0 Å². The molecular formula is C12H16N2OSe. The molecule has 2 rings (SSSR count). The van der Waals surface area contributed by atoms with Crippen molar-refractivity contribution < 1.29 is 4.74 Å². The summed E-state index contributed by atoms with van der Waals surface area (Å²) in [6.45, 7) is 1.78. The first-order chi connectivity index (χ1) is 7.75. The van der Waals surface area contributed by atoms with Crippen molar-refractivity contribution in [2.45, 2.75) is 13.0 Å². The van der Waals surface area contributed by atoms with Crippen molar-refractivity contribution in [3.63, 3.8) is 0 Å². The molecule has 1 aromatic heterocycles. The molecule has 0 radical (unpaired) electrons. The summed E-state index contributed by atoms with van der Waals surface area (Å²) < 4.78 is 10.7. The number of methoxy groups -OCH3 is 1. The van der Waals surface area contributed by atoms with Crippen LogP contribution in [0.3, 0.4) is 0 Å². The second-order valence-corrected chi connectivity index (χ2v) is 4.59. The van der Waals surface area contributed by atoms with Gasteiger partial charge in [-0.05, 0) is 0 Å². The van der Waals surface area contributed by atoms with E-state index in [1.54, 1.807) is 7.11 Å². The summed E-state index contributed by atoms with van der Waals surface area (Å²) in [5.41, 5.74) is 2.53. The maximum absolute atomic E-state index is 5.09. The average Bonchev–Trinajstić information content (AvgIpc) is 2.55. The summed E-state index contributed by atoms with van der Waals surface area (Å²) >= 11 is 3.14. The number of aromatic nitrogens is 2. The molecule has 0 aliphatic carbocycles. The summed E-state index contributed by atoms with van der Waals surface area (Å²) in [6, 6.07) is 8.45. The van der Waals surface area contributed by atoms with E-state index in [9.17, 15) is 0 Å². The molecule has 0 fully saturated rings. The Morgan fingerprint density at radius 1 is 1.25 bits per heavy atom. The van der Waals surface area contributed by atoms with Crippen molar-refractivity contribution in [3.8, 4) is 0 Å². The molecule has 0 aliphatic rings. The number of ether oxygens (including phenoxy) is 1. The molecule has 0 aliphatic heterocycles. The summed E-state index contributed by atoms with van der Waals surface area (Å²) in [6.07, 6.45) is 1.03. The molecule has 0 saturated heterocycles. The zero-order chi connectivity index (χ0) is 11.5. The third-order valence-electron chi connectivity index (χ3n) is 2.78. The van der Waals surface area contributed by atoms with Crippen LogP contribution in [0.4, 0.5) is 0 Å². The fraction of sp³-hybridized carbons (Fsp3) is 0.417. The molecule has 0 saturated carbocycles. The van der Waals surface area contributed by atoms with E-state index < -0.39 is 0 Å². The number of rotatable bonds is 4. The van der Waals surface area contributed by atoms with E-state index in [1.807, 2.05) is 0 Å². The number of para-hydroxylation sites is 2. The number of benzene rings is 1. The first-order valence-electron chi connectivity index (χ1n) is 5.39. The third-order valence-corrected chi connectivity index (χ3v) is 3.82. The molecule has 1 heterocycles. The van der Waals surface area contributed by atoms with E-state index in [1.165, 1.54) is 11.0 Å². The van der Waals surface area contributed by atoms with Gasteiger partial charge >= 0.3 is 103 Å². The maximum atomic E-state index is 5.09. The molecule has 0 spiro atoms. The predicted molar refractivity (Wildman–Crippen MR) is 66.4 cm³/mol. The number of hydrogen-bond donors (Lipinski definition) is 0. The normalized spacial score (nSPS) is 11.1. The average molecular weight is 283 g/mol. The Balaban J connectivity index is 2.43. The van der Waals surface area contributed by atoms with Crippen LogP contribution in [0.2, 0.25) is 0 Å². The molecule has 0 atom stereocenters. The van der Waals surface area contributed by atoms with Crippen LogP contribution in [-0.4, -0.2) is 38.4 Å². The Bertz CT molecular complexity index is 541. The molecule has 3 nitrogen and oxygen atoms in total. The number of imidazole rings is 1. The van der Waals surface area contributed by atoms with Crippen molar-refractivity contribution in [2.75, 3.05) is 13.7 Å². The summed E-state index contributed by atoms with van der Waals surface area (Å²) in [5.74, 6) is 0. The number of aryl methyl sites for hydroxylation is 2. The van der Waals surface area contributed by atoms with E-state index in [0.717, 1.165) is 23.9 Å². The van der Waals surface area contributed by atoms with Gasteiger partial charge in [-0.25, -0.2) is 0 Å². The van der Waals surface area contributed by atoms with E-state index in [4.69, 9.17) is 4.74 Å². The van der Waals surface area contributed by atoms with Gasteiger partial charge in [0, 0.05) is 0 Å². The van der Waals surface area contributed by atoms with Crippen LogP contribution in [0.5, 0.6) is 0 Å². The molecule has 1 aromatic carbocycles. The van der Waals surface area contributed by atoms with Gasteiger partial charge in [-0.1, -0.05) is 0 Å². The molecule has 4 heteroatoms. The Hall–Kier alpha value is -0.831. The van der Waals surface area contributed by atoms with Crippen molar-refractivity contribution in [2.24, 2.45) is 7.05 Å². The standard InChI is InChI=1S/C12H16N2OSe/c1-13-10-6-3-4-7-11(10)14(12(13)16)8-5-9-15-2/h3-4,6-7H,5,8-9H2,1-2H3. The fourth-order valence-electron chi connectivity index (χ4n) is 1.95.